The van der Waals surface area contributed by atoms with Gasteiger partial charge in [0.1, 0.15) is 5.82 Å². The molecular weight excluding hydrogens is 234 g/mol. The summed E-state index contributed by atoms with van der Waals surface area (Å²) in [6.45, 7) is 10.6. The molecule has 0 saturated carbocycles. The standard InChI is InChI=1S/C16H25N3/c1-4-9-17-12-15-5-6-16(18-14(15)3)19-10-7-13(2)8-11-19/h5-7,17H,4,8-12H2,1-3H3. The normalized spacial score (nSPS) is 15.5. The minimum Gasteiger partial charge on any atom is -0.353 e. The lowest BCUT2D eigenvalue weighted by Crippen LogP contribution is -2.29. The summed E-state index contributed by atoms with van der Waals surface area (Å²) >= 11 is 0. The van der Waals surface area contributed by atoms with Crippen LogP contribution >= 0.6 is 0 Å². The average Bonchev–Trinajstić information content (AvgIpc) is 2.42. The van der Waals surface area contributed by atoms with Gasteiger partial charge in [0.25, 0.3) is 0 Å². The third kappa shape index (κ3) is 3.80. The number of pyridine rings is 1. The Bertz CT molecular complexity index is 451. The molecule has 0 radical (unpaired) electrons. The fraction of sp³-hybridized carbons (Fsp3) is 0.562. The van der Waals surface area contributed by atoms with E-state index >= 15 is 0 Å². The Morgan fingerprint density at radius 2 is 2.16 bits per heavy atom. The lowest BCUT2D eigenvalue weighted by molar-refractivity contribution is 0.670. The molecule has 1 aliphatic rings. The number of hydrogen-bond donors (Lipinski definition) is 1. The smallest absolute Gasteiger partial charge is 0.129 e. The second-order valence-electron chi connectivity index (χ2n) is 5.34. The van der Waals surface area contributed by atoms with Crippen molar-refractivity contribution >= 4 is 5.82 Å². The molecule has 0 aromatic carbocycles. The molecule has 2 rings (SSSR count). The SMILES string of the molecule is CCCNCc1ccc(N2CC=C(C)CC2)nc1C. The Balaban J connectivity index is 2.02. The van der Waals surface area contributed by atoms with E-state index in [9.17, 15) is 0 Å². The van der Waals surface area contributed by atoms with E-state index in [-0.39, 0.29) is 0 Å². The van der Waals surface area contributed by atoms with Crippen molar-refractivity contribution in [1.82, 2.24) is 10.3 Å². The van der Waals surface area contributed by atoms with Crippen molar-refractivity contribution < 1.29 is 0 Å². The Hall–Kier alpha value is -1.35. The van der Waals surface area contributed by atoms with Gasteiger partial charge >= 0.3 is 0 Å². The first-order valence-electron chi connectivity index (χ1n) is 7.28. The zero-order chi connectivity index (χ0) is 13.7. The largest absolute Gasteiger partial charge is 0.353 e. The second kappa shape index (κ2) is 6.71. The van der Waals surface area contributed by atoms with Crippen molar-refractivity contribution in [3.63, 3.8) is 0 Å². The van der Waals surface area contributed by atoms with Crippen molar-refractivity contribution in [2.75, 3.05) is 24.5 Å². The molecule has 3 heteroatoms. The van der Waals surface area contributed by atoms with Gasteiger partial charge in [-0.3, -0.25) is 0 Å². The van der Waals surface area contributed by atoms with Gasteiger partial charge in [0.15, 0.2) is 0 Å². The van der Waals surface area contributed by atoms with Crippen LogP contribution in [0, 0.1) is 6.92 Å². The molecule has 3 nitrogen and oxygen atoms in total. The summed E-state index contributed by atoms with van der Waals surface area (Å²) < 4.78 is 0. The van der Waals surface area contributed by atoms with Gasteiger partial charge in [-0.1, -0.05) is 24.6 Å². The van der Waals surface area contributed by atoms with Gasteiger partial charge in [0.05, 0.1) is 0 Å². The molecule has 1 N–H and O–H groups in total. The Morgan fingerprint density at radius 3 is 2.79 bits per heavy atom. The van der Waals surface area contributed by atoms with Crippen molar-refractivity contribution in [2.45, 2.75) is 40.2 Å². The first-order chi connectivity index (χ1) is 9.20. The van der Waals surface area contributed by atoms with Gasteiger partial charge < -0.3 is 10.2 Å². The van der Waals surface area contributed by atoms with Crippen LogP contribution in [0.5, 0.6) is 0 Å². The highest BCUT2D eigenvalue weighted by Gasteiger charge is 2.12. The fourth-order valence-electron chi connectivity index (χ4n) is 2.32. The summed E-state index contributed by atoms with van der Waals surface area (Å²) in [5.74, 6) is 1.11. The number of rotatable bonds is 5. The third-order valence-electron chi connectivity index (χ3n) is 3.68. The predicted octanol–water partition coefficient (Wildman–Crippen LogP) is 3.05. The minimum atomic E-state index is 0.923. The zero-order valence-corrected chi connectivity index (χ0v) is 12.4. The topological polar surface area (TPSA) is 28.2 Å². The highest BCUT2D eigenvalue weighted by atomic mass is 15.2. The molecular formula is C16H25N3. The molecule has 0 fully saturated rings. The van der Waals surface area contributed by atoms with Gasteiger partial charge in [0, 0.05) is 25.3 Å². The van der Waals surface area contributed by atoms with Gasteiger partial charge in [0.2, 0.25) is 0 Å². The van der Waals surface area contributed by atoms with E-state index in [0.717, 1.165) is 44.1 Å². The maximum atomic E-state index is 4.76. The van der Waals surface area contributed by atoms with Crippen LogP contribution in [0.15, 0.2) is 23.8 Å². The molecule has 2 heterocycles. The summed E-state index contributed by atoms with van der Waals surface area (Å²) in [7, 11) is 0. The molecule has 104 valence electrons. The van der Waals surface area contributed by atoms with Crippen molar-refractivity contribution in [3.05, 3.63) is 35.0 Å². The molecule has 1 aromatic heterocycles. The minimum absolute atomic E-state index is 0.923. The zero-order valence-electron chi connectivity index (χ0n) is 12.4. The molecule has 0 bridgehead atoms. The lowest BCUT2D eigenvalue weighted by Gasteiger charge is -2.27. The van der Waals surface area contributed by atoms with Gasteiger partial charge in [-0.05, 0) is 44.9 Å². The van der Waals surface area contributed by atoms with Crippen LogP contribution in [0.3, 0.4) is 0 Å². The van der Waals surface area contributed by atoms with E-state index in [0.29, 0.717) is 0 Å². The fourth-order valence-corrected chi connectivity index (χ4v) is 2.32. The van der Waals surface area contributed by atoms with E-state index in [4.69, 9.17) is 4.98 Å². The number of nitrogens with zero attached hydrogens (tertiary/aromatic N) is 2. The average molecular weight is 259 g/mol. The lowest BCUT2D eigenvalue weighted by atomic mass is 10.1. The van der Waals surface area contributed by atoms with Crippen LogP contribution in [0.4, 0.5) is 5.82 Å². The van der Waals surface area contributed by atoms with E-state index in [2.05, 4.69) is 49.2 Å². The summed E-state index contributed by atoms with van der Waals surface area (Å²) in [5, 5.41) is 3.43. The molecule has 0 atom stereocenters. The molecule has 19 heavy (non-hydrogen) atoms. The second-order valence-corrected chi connectivity index (χ2v) is 5.34. The van der Waals surface area contributed by atoms with Crippen LogP contribution in [0.2, 0.25) is 0 Å². The molecule has 0 saturated heterocycles. The van der Waals surface area contributed by atoms with E-state index in [1.807, 2.05) is 0 Å². The molecule has 1 aromatic rings. The van der Waals surface area contributed by atoms with Crippen molar-refractivity contribution in [1.29, 1.82) is 0 Å². The predicted molar refractivity (Wildman–Crippen MR) is 81.6 cm³/mol. The Labute approximate surface area is 116 Å². The number of anilines is 1. The summed E-state index contributed by atoms with van der Waals surface area (Å²) in [6, 6.07) is 4.37. The van der Waals surface area contributed by atoms with Gasteiger partial charge in [-0.15, -0.1) is 0 Å². The van der Waals surface area contributed by atoms with Crippen LogP contribution in [0.1, 0.15) is 37.9 Å². The maximum Gasteiger partial charge on any atom is 0.129 e. The Morgan fingerprint density at radius 1 is 1.32 bits per heavy atom. The highest BCUT2D eigenvalue weighted by Crippen LogP contribution is 2.19. The molecule has 0 spiro atoms. The van der Waals surface area contributed by atoms with E-state index in [1.54, 1.807) is 0 Å². The van der Waals surface area contributed by atoms with Crippen molar-refractivity contribution in [2.24, 2.45) is 0 Å². The highest BCUT2D eigenvalue weighted by molar-refractivity contribution is 5.43. The summed E-state index contributed by atoms with van der Waals surface area (Å²) in [5.41, 5.74) is 3.95. The van der Waals surface area contributed by atoms with Crippen LogP contribution in [0.25, 0.3) is 0 Å². The monoisotopic (exact) mass is 259 g/mol. The first-order valence-corrected chi connectivity index (χ1v) is 7.28. The number of aryl methyl sites for hydroxylation is 1. The molecule has 0 unspecified atom stereocenters. The quantitative estimate of drug-likeness (QED) is 0.651. The Kier molecular flexibility index (Phi) is 4.97. The third-order valence-corrected chi connectivity index (χ3v) is 3.68. The van der Waals surface area contributed by atoms with Crippen LogP contribution < -0.4 is 10.2 Å². The van der Waals surface area contributed by atoms with Crippen molar-refractivity contribution in [3.8, 4) is 0 Å². The van der Waals surface area contributed by atoms with Gasteiger partial charge in [-0.2, -0.15) is 0 Å². The summed E-state index contributed by atoms with van der Waals surface area (Å²) in [6.07, 6.45) is 4.63. The van der Waals surface area contributed by atoms with Gasteiger partial charge in [-0.25, -0.2) is 4.98 Å². The van der Waals surface area contributed by atoms with Crippen LogP contribution in [-0.4, -0.2) is 24.6 Å². The van der Waals surface area contributed by atoms with E-state index in [1.165, 1.54) is 17.6 Å². The number of hydrogen-bond acceptors (Lipinski definition) is 3. The summed E-state index contributed by atoms with van der Waals surface area (Å²) in [4.78, 5) is 7.11. The molecule has 0 amide bonds. The maximum absolute atomic E-state index is 4.76. The number of aromatic nitrogens is 1. The van der Waals surface area contributed by atoms with E-state index < -0.39 is 0 Å². The van der Waals surface area contributed by atoms with Crippen LogP contribution in [-0.2, 0) is 6.54 Å². The number of nitrogens with one attached hydrogen (secondary N) is 1. The first kappa shape index (κ1) is 14.1. The molecule has 0 aliphatic carbocycles. The molecule has 1 aliphatic heterocycles.